The van der Waals surface area contributed by atoms with E-state index in [1.54, 1.807) is 13.3 Å². The largest absolute Gasteiger partial charge is 0.380 e. The summed E-state index contributed by atoms with van der Waals surface area (Å²) in [6, 6.07) is 13.6. The molecule has 0 bridgehead atoms. The number of hydrogen-bond donors (Lipinski definition) is 2. The molecule has 0 aliphatic carbocycles. The number of methoxy groups -OCH3 is 1. The molecule has 9 heteroatoms. The minimum Gasteiger partial charge on any atom is -0.380 e. The summed E-state index contributed by atoms with van der Waals surface area (Å²) in [7, 11) is 1.65. The van der Waals surface area contributed by atoms with Gasteiger partial charge in [0.05, 0.1) is 13.2 Å². The lowest BCUT2D eigenvalue weighted by molar-refractivity contribution is -0.131. The van der Waals surface area contributed by atoms with Crippen LogP contribution >= 0.6 is 24.0 Å². The van der Waals surface area contributed by atoms with Crippen molar-refractivity contribution >= 4 is 47.3 Å². The fourth-order valence-electron chi connectivity index (χ4n) is 3.26. The third-order valence-electron chi connectivity index (χ3n) is 4.79. The number of piperazine rings is 1. The van der Waals surface area contributed by atoms with Crippen LogP contribution in [0.2, 0.25) is 0 Å². The number of hydrogen-bond acceptors (Lipinski definition) is 5. The molecule has 3 rings (SSSR count). The van der Waals surface area contributed by atoms with Gasteiger partial charge in [0.2, 0.25) is 5.91 Å². The number of aromatic nitrogens is 1. The van der Waals surface area contributed by atoms with E-state index in [1.807, 2.05) is 47.4 Å². The molecule has 3 N–H and O–H groups in total. The summed E-state index contributed by atoms with van der Waals surface area (Å²) in [6.07, 6.45) is 2.13. The number of nitrogens with one attached hydrogen (secondary N) is 1. The number of ether oxygens (including phenoxy) is 1. The first-order valence-corrected chi connectivity index (χ1v) is 9.75. The summed E-state index contributed by atoms with van der Waals surface area (Å²) < 4.78 is 5.19. The van der Waals surface area contributed by atoms with E-state index in [-0.39, 0.29) is 29.9 Å². The maximum atomic E-state index is 12.5. The number of nitrogens with zero attached hydrogens (tertiary/aromatic N) is 4. The summed E-state index contributed by atoms with van der Waals surface area (Å²) in [5, 5.41) is 3.08. The van der Waals surface area contributed by atoms with Crippen LogP contribution in [0.4, 0.5) is 11.5 Å². The first-order valence-electron chi connectivity index (χ1n) is 9.75. The molecule has 8 nitrogen and oxygen atoms in total. The van der Waals surface area contributed by atoms with Gasteiger partial charge in [0.15, 0.2) is 5.96 Å². The number of benzene rings is 1. The molecule has 1 aromatic heterocycles. The van der Waals surface area contributed by atoms with Gasteiger partial charge in [-0.15, -0.1) is 24.0 Å². The van der Waals surface area contributed by atoms with Crippen LogP contribution in [0.1, 0.15) is 12.0 Å². The molecule has 0 saturated carbocycles. The molecule has 1 aromatic carbocycles. The van der Waals surface area contributed by atoms with Gasteiger partial charge >= 0.3 is 0 Å². The number of carbonyl (C=O) groups is 1. The van der Waals surface area contributed by atoms with Gasteiger partial charge in [-0.2, -0.15) is 0 Å². The maximum Gasteiger partial charge on any atom is 0.224 e. The molecule has 30 heavy (non-hydrogen) atoms. The number of guanidine groups is 1. The molecular weight excluding hydrogens is 495 g/mol. The van der Waals surface area contributed by atoms with Crippen molar-refractivity contribution in [3.8, 4) is 0 Å². The van der Waals surface area contributed by atoms with Crippen LogP contribution in [0.5, 0.6) is 0 Å². The van der Waals surface area contributed by atoms with E-state index in [0.717, 1.165) is 30.2 Å². The van der Waals surface area contributed by atoms with Gasteiger partial charge in [0.25, 0.3) is 0 Å². The Morgan fingerprint density at radius 3 is 2.60 bits per heavy atom. The highest BCUT2D eigenvalue weighted by molar-refractivity contribution is 14.0. The second-order valence-electron chi connectivity index (χ2n) is 6.79. The maximum absolute atomic E-state index is 12.5. The van der Waals surface area contributed by atoms with Gasteiger partial charge in [0, 0.05) is 57.2 Å². The number of para-hydroxylation sites is 1. The van der Waals surface area contributed by atoms with E-state index in [1.165, 1.54) is 0 Å². The molecule has 0 atom stereocenters. The van der Waals surface area contributed by atoms with E-state index in [0.29, 0.717) is 38.6 Å². The van der Waals surface area contributed by atoms with Gasteiger partial charge in [-0.25, -0.2) is 4.98 Å². The lowest BCUT2D eigenvalue weighted by Crippen LogP contribution is -2.49. The van der Waals surface area contributed by atoms with Crippen molar-refractivity contribution in [2.75, 3.05) is 50.1 Å². The third kappa shape index (κ3) is 6.84. The van der Waals surface area contributed by atoms with E-state index in [2.05, 4.69) is 20.2 Å². The highest BCUT2D eigenvalue weighted by atomic mass is 127. The van der Waals surface area contributed by atoms with Gasteiger partial charge < -0.3 is 25.6 Å². The normalized spacial score (nSPS) is 14.2. The smallest absolute Gasteiger partial charge is 0.224 e. The van der Waals surface area contributed by atoms with Crippen molar-refractivity contribution in [3.63, 3.8) is 0 Å². The number of nitrogens with two attached hydrogens (primary N) is 1. The van der Waals surface area contributed by atoms with Gasteiger partial charge in [0.1, 0.15) is 5.82 Å². The van der Waals surface area contributed by atoms with Crippen LogP contribution in [0.25, 0.3) is 0 Å². The second kappa shape index (κ2) is 12.3. The van der Waals surface area contributed by atoms with Crippen molar-refractivity contribution in [2.24, 2.45) is 10.7 Å². The molecular formula is C21H29IN6O2. The molecule has 2 aromatic rings. The van der Waals surface area contributed by atoms with Crippen molar-refractivity contribution < 1.29 is 9.53 Å². The zero-order valence-electron chi connectivity index (χ0n) is 17.2. The molecule has 1 aliphatic rings. The minimum absolute atomic E-state index is 0. The molecule has 162 valence electrons. The minimum atomic E-state index is 0. The summed E-state index contributed by atoms with van der Waals surface area (Å²) in [5.41, 5.74) is 7.83. The number of rotatable bonds is 7. The standard InChI is InChI=1S/C21H28N6O2.HI/c1-29-16-17-6-2-3-7-18(17)25-21(22)24-11-9-20(28)27-14-12-26(13-15-27)19-8-4-5-10-23-19;/h2-8,10H,9,11-16H2,1H3,(H3,22,24,25);1H. The summed E-state index contributed by atoms with van der Waals surface area (Å²) >= 11 is 0. The molecule has 1 fully saturated rings. The molecule has 1 aliphatic heterocycles. The molecule has 2 heterocycles. The summed E-state index contributed by atoms with van der Waals surface area (Å²) in [5.74, 6) is 1.35. The fraction of sp³-hybridized carbons (Fsp3) is 0.381. The molecule has 0 radical (unpaired) electrons. The quantitative estimate of drug-likeness (QED) is 0.328. The van der Waals surface area contributed by atoms with Crippen molar-refractivity contribution in [1.82, 2.24) is 9.88 Å². The average molecular weight is 524 g/mol. The van der Waals surface area contributed by atoms with Crippen molar-refractivity contribution in [2.45, 2.75) is 13.0 Å². The zero-order valence-corrected chi connectivity index (χ0v) is 19.5. The Bertz CT molecular complexity index is 825. The number of halogens is 1. The molecule has 0 spiro atoms. The Morgan fingerprint density at radius 1 is 1.17 bits per heavy atom. The average Bonchev–Trinajstić information content (AvgIpc) is 2.76. The highest BCUT2D eigenvalue weighted by Crippen LogP contribution is 2.15. The third-order valence-corrected chi connectivity index (χ3v) is 4.79. The van der Waals surface area contributed by atoms with E-state index in [4.69, 9.17) is 10.5 Å². The first kappa shape index (κ1) is 23.9. The SMILES string of the molecule is COCc1ccccc1NC(N)=NCCC(=O)N1CCN(c2ccccn2)CC1.I. The van der Waals surface area contributed by atoms with Crippen LogP contribution in [-0.2, 0) is 16.1 Å². The second-order valence-corrected chi connectivity index (χ2v) is 6.79. The Balaban J connectivity index is 0.00000320. The van der Waals surface area contributed by atoms with Gasteiger partial charge in [-0.1, -0.05) is 24.3 Å². The predicted octanol–water partition coefficient (Wildman–Crippen LogP) is 2.31. The zero-order chi connectivity index (χ0) is 20.5. The van der Waals surface area contributed by atoms with E-state index < -0.39 is 0 Å². The first-order chi connectivity index (χ1) is 14.2. The monoisotopic (exact) mass is 524 g/mol. The Morgan fingerprint density at radius 2 is 1.90 bits per heavy atom. The van der Waals surface area contributed by atoms with Crippen LogP contribution < -0.4 is 16.0 Å². The Kier molecular flexibility index (Phi) is 9.81. The van der Waals surface area contributed by atoms with Crippen LogP contribution in [0.15, 0.2) is 53.7 Å². The van der Waals surface area contributed by atoms with Gasteiger partial charge in [-0.3, -0.25) is 9.79 Å². The van der Waals surface area contributed by atoms with Crippen LogP contribution in [0.3, 0.4) is 0 Å². The lowest BCUT2D eigenvalue weighted by Gasteiger charge is -2.35. The van der Waals surface area contributed by atoms with Crippen molar-refractivity contribution in [3.05, 3.63) is 54.2 Å². The van der Waals surface area contributed by atoms with Gasteiger partial charge in [-0.05, 0) is 18.2 Å². The number of amides is 1. The topological polar surface area (TPSA) is 96.1 Å². The number of pyridine rings is 1. The molecule has 1 amide bonds. The summed E-state index contributed by atoms with van der Waals surface area (Å²) in [6.45, 7) is 3.79. The Labute approximate surface area is 194 Å². The number of aliphatic imine (C=N–C) groups is 1. The molecule has 0 unspecified atom stereocenters. The van der Waals surface area contributed by atoms with E-state index >= 15 is 0 Å². The predicted molar refractivity (Wildman–Crippen MR) is 130 cm³/mol. The van der Waals surface area contributed by atoms with Crippen LogP contribution in [0, 0.1) is 0 Å². The number of anilines is 2. The Hall–Kier alpha value is -2.40. The number of carbonyl (C=O) groups excluding carboxylic acids is 1. The molecule has 1 saturated heterocycles. The fourth-order valence-corrected chi connectivity index (χ4v) is 3.26. The lowest BCUT2D eigenvalue weighted by atomic mass is 10.2. The van der Waals surface area contributed by atoms with E-state index in [9.17, 15) is 4.79 Å². The summed E-state index contributed by atoms with van der Waals surface area (Å²) in [4.78, 5) is 25.2. The van der Waals surface area contributed by atoms with Crippen molar-refractivity contribution in [1.29, 1.82) is 0 Å². The highest BCUT2D eigenvalue weighted by Gasteiger charge is 2.21. The van der Waals surface area contributed by atoms with Crippen LogP contribution in [-0.4, -0.2) is 61.6 Å².